The maximum absolute atomic E-state index is 2.44. The largest absolute Gasteiger partial charge is 0.337 e. The zero-order valence-electron chi connectivity index (χ0n) is 12.2. The van der Waals surface area contributed by atoms with Gasteiger partial charge in [-0.15, -0.1) is 11.3 Å². The highest BCUT2D eigenvalue weighted by molar-refractivity contribution is 7.22. The van der Waals surface area contributed by atoms with E-state index in [-0.39, 0.29) is 0 Å². The highest BCUT2D eigenvalue weighted by Crippen LogP contribution is 2.37. The van der Waals surface area contributed by atoms with Gasteiger partial charge < -0.3 is 4.57 Å². The highest BCUT2D eigenvalue weighted by atomic mass is 32.1. The quantitative estimate of drug-likeness (QED) is 0.420. The molecule has 21 heavy (non-hydrogen) atoms. The van der Waals surface area contributed by atoms with Gasteiger partial charge in [-0.25, -0.2) is 0 Å². The molecular formula is C19H17NS. The number of thiophene rings is 1. The van der Waals surface area contributed by atoms with Gasteiger partial charge in [0.1, 0.15) is 0 Å². The number of aromatic nitrogens is 1. The lowest BCUT2D eigenvalue weighted by Gasteiger charge is -2.13. The van der Waals surface area contributed by atoms with Crippen molar-refractivity contribution in [3.8, 4) is 10.6 Å². The van der Waals surface area contributed by atoms with E-state index >= 15 is 0 Å². The van der Waals surface area contributed by atoms with E-state index in [1.54, 1.807) is 0 Å². The summed E-state index contributed by atoms with van der Waals surface area (Å²) < 4.78 is 3.80. The predicted octanol–water partition coefficient (Wildman–Crippen LogP) is 6.10. The predicted molar refractivity (Wildman–Crippen MR) is 93.1 cm³/mol. The van der Waals surface area contributed by atoms with Crippen molar-refractivity contribution >= 4 is 32.3 Å². The van der Waals surface area contributed by atoms with Crippen LogP contribution in [0.3, 0.4) is 0 Å². The Morgan fingerprint density at radius 2 is 1.57 bits per heavy atom. The first kappa shape index (κ1) is 12.7. The lowest BCUT2D eigenvalue weighted by molar-refractivity contribution is 0.629. The molecule has 2 aromatic carbocycles. The molecule has 0 bridgehead atoms. The lowest BCUT2D eigenvalue weighted by Crippen LogP contribution is -2.01. The summed E-state index contributed by atoms with van der Waals surface area (Å²) >= 11 is 1.88. The van der Waals surface area contributed by atoms with Crippen molar-refractivity contribution in [1.82, 2.24) is 4.57 Å². The van der Waals surface area contributed by atoms with Gasteiger partial charge >= 0.3 is 0 Å². The molecule has 0 atom stereocenters. The van der Waals surface area contributed by atoms with Crippen LogP contribution in [0.25, 0.3) is 31.6 Å². The van der Waals surface area contributed by atoms with Crippen molar-refractivity contribution in [3.05, 3.63) is 60.7 Å². The fraction of sp³-hybridized carbons (Fsp3) is 0.158. The molecule has 0 aliphatic carbocycles. The SMILES string of the molecule is CC(C)n1c(-c2cc3ccccc3s2)cc2ccccc21. The molecule has 0 fully saturated rings. The maximum Gasteiger partial charge on any atom is 0.0595 e. The number of hydrogen-bond acceptors (Lipinski definition) is 1. The Kier molecular flexibility index (Phi) is 2.86. The third-order valence-electron chi connectivity index (χ3n) is 3.94. The number of hydrogen-bond donors (Lipinski definition) is 0. The molecule has 4 rings (SSSR count). The van der Waals surface area contributed by atoms with Crippen molar-refractivity contribution < 1.29 is 0 Å². The fourth-order valence-corrected chi connectivity index (χ4v) is 4.11. The van der Waals surface area contributed by atoms with Crippen molar-refractivity contribution in [1.29, 1.82) is 0 Å². The number of nitrogens with zero attached hydrogens (tertiary/aromatic N) is 1. The van der Waals surface area contributed by atoms with Crippen molar-refractivity contribution in [2.75, 3.05) is 0 Å². The molecule has 0 aliphatic heterocycles. The third kappa shape index (κ3) is 1.98. The molecule has 2 aromatic heterocycles. The van der Waals surface area contributed by atoms with E-state index in [9.17, 15) is 0 Å². The summed E-state index contributed by atoms with van der Waals surface area (Å²) in [7, 11) is 0. The van der Waals surface area contributed by atoms with Crippen LogP contribution in [0.15, 0.2) is 60.7 Å². The minimum atomic E-state index is 0.449. The summed E-state index contributed by atoms with van der Waals surface area (Å²) in [5.74, 6) is 0. The van der Waals surface area contributed by atoms with Crippen LogP contribution in [0.2, 0.25) is 0 Å². The van der Waals surface area contributed by atoms with Gasteiger partial charge in [0.2, 0.25) is 0 Å². The molecule has 0 amide bonds. The minimum Gasteiger partial charge on any atom is -0.337 e. The standard InChI is InChI=1S/C19H17NS/c1-13(2)20-16-9-5-3-7-14(16)11-17(20)19-12-15-8-4-6-10-18(15)21-19/h3-13H,1-2H3. The van der Waals surface area contributed by atoms with Crippen LogP contribution in [0.5, 0.6) is 0 Å². The molecule has 0 aliphatic rings. The Bertz CT molecular complexity index is 894. The molecule has 2 heterocycles. The van der Waals surface area contributed by atoms with Gasteiger partial charge in [0.25, 0.3) is 0 Å². The Morgan fingerprint density at radius 3 is 2.33 bits per heavy atom. The molecule has 0 saturated carbocycles. The molecule has 0 unspecified atom stereocenters. The van der Waals surface area contributed by atoms with Crippen LogP contribution in [-0.2, 0) is 0 Å². The highest BCUT2D eigenvalue weighted by Gasteiger charge is 2.14. The Hall–Kier alpha value is -2.06. The summed E-state index contributed by atoms with van der Waals surface area (Å²) in [6.07, 6.45) is 0. The van der Waals surface area contributed by atoms with Gasteiger partial charge in [-0.3, -0.25) is 0 Å². The first-order valence-corrected chi connectivity index (χ1v) is 8.14. The van der Waals surface area contributed by atoms with Crippen LogP contribution in [0.1, 0.15) is 19.9 Å². The average Bonchev–Trinajstić information content (AvgIpc) is 3.08. The Balaban J connectivity index is 2.02. The zero-order chi connectivity index (χ0) is 14.4. The number of fused-ring (bicyclic) bond motifs is 2. The van der Waals surface area contributed by atoms with Crippen LogP contribution in [0.4, 0.5) is 0 Å². The molecule has 1 nitrogen and oxygen atoms in total. The topological polar surface area (TPSA) is 4.93 Å². The monoisotopic (exact) mass is 291 g/mol. The molecule has 4 aromatic rings. The third-order valence-corrected chi connectivity index (χ3v) is 5.08. The molecular weight excluding hydrogens is 274 g/mol. The van der Waals surface area contributed by atoms with Crippen molar-refractivity contribution in [2.24, 2.45) is 0 Å². The van der Waals surface area contributed by atoms with E-state index in [0.29, 0.717) is 6.04 Å². The number of benzene rings is 2. The van der Waals surface area contributed by atoms with E-state index < -0.39 is 0 Å². The molecule has 2 heteroatoms. The second kappa shape index (κ2) is 4.74. The molecule has 0 N–H and O–H groups in total. The van der Waals surface area contributed by atoms with Crippen molar-refractivity contribution in [2.45, 2.75) is 19.9 Å². The summed E-state index contributed by atoms with van der Waals surface area (Å²) in [4.78, 5) is 1.35. The zero-order valence-corrected chi connectivity index (χ0v) is 13.0. The summed E-state index contributed by atoms with van der Waals surface area (Å²) in [5, 5.41) is 2.65. The summed E-state index contributed by atoms with van der Waals surface area (Å²) in [6.45, 7) is 4.51. The molecule has 104 valence electrons. The van der Waals surface area contributed by atoms with Crippen molar-refractivity contribution in [3.63, 3.8) is 0 Å². The van der Waals surface area contributed by atoms with Gasteiger partial charge in [0, 0.05) is 21.6 Å². The Morgan fingerprint density at radius 1 is 0.857 bits per heavy atom. The lowest BCUT2D eigenvalue weighted by atomic mass is 10.2. The van der Waals surface area contributed by atoms with Crippen LogP contribution in [-0.4, -0.2) is 4.57 Å². The van der Waals surface area contributed by atoms with E-state index in [1.807, 2.05) is 11.3 Å². The normalized spacial score (nSPS) is 11.8. The minimum absolute atomic E-state index is 0.449. The Labute approximate surface area is 128 Å². The fourth-order valence-electron chi connectivity index (χ4n) is 3.03. The van der Waals surface area contributed by atoms with E-state index in [0.717, 1.165) is 0 Å². The van der Waals surface area contributed by atoms with Gasteiger partial charge in [-0.2, -0.15) is 0 Å². The first-order chi connectivity index (χ1) is 10.2. The van der Waals surface area contributed by atoms with Crippen LogP contribution in [0, 0.1) is 0 Å². The number of rotatable bonds is 2. The average molecular weight is 291 g/mol. The molecule has 0 radical (unpaired) electrons. The first-order valence-electron chi connectivity index (χ1n) is 7.33. The molecule has 0 spiro atoms. The smallest absolute Gasteiger partial charge is 0.0595 e. The summed E-state index contributed by atoms with van der Waals surface area (Å²) in [5.41, 5.74) is 2.65. The van der Waals surface area contributed by atoms with Gasteiger partial charge in [0.05, 0.1) is 10.6 Å². The van der Waals surface area contributed by atoms with Crippen LogP contribution >= 0.6 is 11.3 Å². The van der Waals surface area contributed by atoms with Gasteiger partial charge in [0.15, 0.2) is 0 Å². The second-order valence-electron chi connectivity index (χ2n) is 5.70. The van der Waals surface area contributed by atoms with Gasteiger partial charge in [-0.1, -0.05) is 36.4 Å². The maximum atomic E-state index is 2.44. The molecule has 0 saturated heterocycles. The summed E-state index contributed by atoms with van der Waals surface area (Å²) in [6, 6.07) is 22.3. The van der Waals surface area contributed by atoms with Gasteiger partial charge in [-0.05, 0) is 43.5 Å². The number of para-hydroxylation sites is 1. The van der Waals surface area contributed by atoms with E-state index in [2.05, 4.69) is 79.1 Å². The van der Waals surface area contributed by atoms with E-state index in [1.165, 1.54) is 31.6 Å². The second-order valence-corrected chi connectivity index (χ2v) is 6.78. The van der Waals surface area contributed by atoms with E-state index in [4.69, 9.17) is 0 Å². The van der Waals surface area contributed by atoms with Crippen LogP contribution < -0.4 is 0 Å².